The van der Waals surface area contributed by atoms with E-state index < -0.39 is 0 Å². The van der Waals surface area contributed by atoms with Gasteiger partial charge in [0, 0.05) is 37.1 Å². The highest BCUT2D eigenvalue weighted by molar-refractivity contribution is 5.22. The zero-order valence-corrected chi connectivity index (χ0v) is 12.1. The summed E-state index contributed by atoms with van der Waals surface area (Å²) in [5.74, 6) is 0. The van der Waals surface area contributed by atoms with E-state index in [-0.39, 0.29) is 0 Å². The van der Waals surface area contributed by atoms with Gasteiger partial charge in [0.1, 0.15) is 0 Å². The highest BCUT2D eigenvalue weighted by atomic mass is 15.2. The van der Waals surface area contributed by atoms with Gasteiger partial charge in [0.15, 0.2) is 0 Å². The van der Waals surface area contributed by atoms with Gasteiger partial charge in [-0.25, -0.2) is 0 Å². The third kappa shape index (κ3) is 2.67. The van der Waals surface area contributed by atoms with Gasteiger partial charge in [0.05, 0.1) is 0 Å². The first-order valence-electron chi connectivity index (χ1n) is 7.60. The van der Waals surface area contributed by atoms with Crippen molar-refractivity contribution in [2.75, 3.05) is 7.05 Å². The third-order valence-electron chi connectivity index (χ3n) is 5.02. The molecule has 1 N–H and O–H groups in total. The van der Waals surface area contributed by atoms with Crippen molar-refractivity contribution in [3.63, 3.8) is 0 Å². The highest BCUT2D eigenvalue weighted by Crippen LogP contribution is 2.35. The molecule has 3 rings (SSSR count). The Morgan fingerprint density at radius 3 is 2.68 bits per heavy atom. The second-order valence-electron chi connectivity index (χ2n) is 6.17. The van der Waals surface area contributed by atoms with Crippen LogP contribution in [0.25, 0.3) is 0 Å². The SMILES string of the molecule is CNC1CC2CCCC(C1)N2Cc1ccncc1C. The van der Waals surface area contributed by atoms with Crippen LogP contribution in [0.5, 0.6) is 0 Å². The molecule has 3 nitrogen and oxygen atoms in total. The average molecular weight is 259 g/mol. The number of hydrogen-bond donors (Lipinski definition) is 1. The first-order valence-corrected chi connectivity index (χ1v) is 7.60. The third-order valence-corrected chi connectivity index (χ3v) is 5.02. The molecular weight excluding hydrogens is 234 g/mol. The van der Waals surface area contributed by atoms with Crippen LogP contribution >= 0.6 is 0 Å². The predicted molar refractivity (Wildman–Crippen MR) is 78.0 cm³/mol. The van der Waals surface area contributed by atoms with Gasteiger partial charge in [-0.05, 0) is 56.8 Å². The quantitative estimate of drug-likeness (QED) is 0.904. The lowest BCUT2D eigenvalue weighted by atomic mass is 9.81. The molecule has 0 spiro atoms. The lowest BCUT2D eigenvalue weighted by Gasteiger charge is -2.49. The summed E-state index contributed by atoms with van der Waals surface area (Å²) in [7, 11) is 2.11. The van der Waals surface area contributed by atoms with Crippen molar-refractivity contribution in [3.05, 3.63) is 29.6 Å². The van der Waals surface area contributed by atoms with Crippen molar-refractivity contribution in [2.24, 2.45) is 0 Å². The number of nitrogens with zero attached hydrogens (tertiary/aromatic N) is 2. The highest BCUT2D eigenvalue weighted by Gasteiger charge is 2.37. The molecule has 2 atom stereocenters. The van der Waals surface area contributed by atoms with Gasteiger partial charge in [-0.2, -0.15) is 0 Å². The van der Waals surface area contributed by atoms with E-state index in [2.05, 4.69) is 35.2 Å². The van der Waals surface area contributed by atoms with Crippen LogP contribution in [0.15, 0.2) is 18.5 Å². The molecule has 0 aromatic carbocycles. The Morgan fingerprint density at radius 2 is 2.05 bits per heavy atom. The Kier molecular flexibility index (Phi) is 3.85. The summed E-state index contributed by atoms with van der Waals surface area (Å²) in [6, 6.07) is 4.47. The van der Waals surface area contributed by atoms with Crippen molar-refractivity contribution < 1.29 is 0 Å². The second kappa shape index (κ2) is 5.59. The normalized spacial score (nSPS) is 31.4. The van der Waals surface area contributed by atoms with Crippen LogP contribution in [-0.2, 0) is 6.54 Å². The monoisotopic (exact) mass is 259 g/mol. The summed E-state index contributed by atoms with van der Waals surface area (Å²) in [6.07, 6.45) is 10.7. The Balaban J connectivity index is 1.76. The summed E-state index contributed by atoms with van der Waals surface area (Å²) in [5.41, 5.74) is 2.78. The average Bonchev–Trinajstić information content (AvgIpc) is 2.41. The van der Waals surface area contributed by atoms with Crippen molar-refractivity contribution in [1.82, 2.24) is 15.2 Å². The molecule has 0 saturated carbocycles. The van der Waals surface area contributed by atoms with Gasteiger partial charge in [0.25, 0.3) is 0 Å². The standard InChI is InChI=1S/C16H25N3/c1-12-10-18-7-6-13(12)11-19-15-4-3-5-16(19)9-14(8-15)17-2/h6-7,10,14-17H,3-5,8-9,11H2,1-2H3. The van der Waals surface area contributed by atoms with E-state index in [9.17, 15) is 0 Å². The number of nitrogens with one attached hydrogen (secondary N) is 1. The second-order valence-corrected chi connectivity index (χ2v) is 6.17. The van der Waals surface area contributed by atoms with Crippen LogP contribution in [0.4, 0.5) is 0 Å². The molecule has 1 aromatic heterocycles. The molecule has 0 aliphatic carbocycles. The van der Waals surface area contributed by atoms with Crippen LogP contribution in [-0.4, -0.2) is 35.1 Å². The summed E-state index contributed by atoms with van der Waals surface area (Å²) in [5, 5.41) is 3.49. The van der Waals surface area contributed by atoms with Crippen molar-refractivity contribution in [2.45, 2.75) is 63.7 Å². The fraction of sp³-hybridized carbons (Fsp3) is 0.688. The summed E-state index contributed by atoms with van der Waals surface area (Å²) >= 11 is 0. The number of fused-ring (bicyclic) bond motifs is 2. The van der Waals surface area contributed by atoms with Crippen molar-refractivity contribution >= 4 is 0 Å². The molecule has 0 radical (unpaired) electrons. The fourth-order valence-electron chi connectivity index (χ4n) is 3.85. The number of piperidine rings is 2. The summed E-state index contributed by atoms with van der Waals surface area (Å²) in [6.45, 7) is 3.29. The van der Waals surface area contributed by atoms with Crippen LogP contribution in [0, 0.1) is 6.92 Å². The number of hydrogen-bond acceptors (Lipinski definition) is 3. The molecule has 2 bridgehead atoms. The largest absolute Gasteiger partial charge is 0.317 e. The van der Waals surface area contributed by atoms with Gasteiger partial charge in [0.2, 0.25) is 0 Å². The molecule has 2 aliphatic rings. The summed E-state index contributed by atoms with van der Waals surface area (Å²) in [4.78, 5) is 6.97. The first-order chi connectivity index (χ1) is 9.28. The van der Waals surface area contributed by atoms with E-state index in [1.807, 2.05) is 12.4 Å². The van der Waals surface area contributed by atoms with Gasteiger partial charge >= 0.3 is 0 Å². The Hall–Kier alpha value is -0.930. The maximum atomic E-state index is 4.21. The molecule has 2 fully saturated rings. The molecule has 2 unspecified atom stereocenters. The molecular formula is C16H25N3. The minimum Gasteiger partial charge on any atom is -0.317 e. The predicted octanol–water partition coefficient (Wildman–Crippen LogP) is 2.49. The number of rotatable bonds is 3. The van der Waals surface area contributed by atoms with Crippen LogP contribution in [0.3, 0.4) is 0 Å². The Labute approximate surface area is 116 Å². The van der Waals surface area contributed by atoms with E-state index in [0.717, 1.165) is 24.7 Å². The topological polar surface area (TPSA) is 28.2 Å². The number of aromatic nitrogens is 1. The fourth-order valence-corrected chi connectivity index (χ4v) is 3.85. The molecule has 19 heavy (non-hydrogen) atoms. The lowest BCUT2D eigenvalue weighted by Crippen LogP contribution is -2.55. The molecule has 104 valence electrons. The van der Waals surface area contributed by atoms with Crippen LogP contribution in [0.2, 0.25) is 0 Å². The van der Waals surface area contributed by atoms with E-state index in [0.29, 0.717) is 0 Å². The maximum absolute atomic E-state index is 4.21. The lowest BCUT2D eigenvalue weighted by molar-refractivity contribution is 0.0189. The van der Waals surface area contributed by atoms with Crippen LogP contribution in [0.1, 0.15) is 43.2 Å². The van der Waals surface area contributed by atoms with Crippen LogP contribution < -0.4 is 5.32 Å². The van der Waals surface area contributed by atoms with E-state index in [1.54, 1.807) is 0 Å². The van der Waals surface area contributed by atoms with Gasteiger partial charge < -0.3 is 5.32 Å². The smallest absolute Gasteiger partial charge is 0.0300 e. The first kappa shape index (κ1) is 13.1. The molecule has 2 saturated heterocycles. The molecule has 0 amide bonds. The Morgan fingerprint density at radius 1 is 1.32 bits per heavy atom. The molecule has 3 heteroatoms. The maximum Gasteiger partial charge on any atom is 0.0300 e. The minimum absolute atomic E-state index is 0.727. The number of pyridine rings is 1. The molecule has 3 heterocycles. The van der Waals surface area contributed by atoms with E-state index >= 15 is 0 Å². The zero-order chi connectivity index (χ0) is 13.2. The summed E-state index contributed by atoms with van der Waals surface area (Å²) < 4.78 is 0. The zero-order valence-electron chi connectivity index (χ0n) is 12.1. The van der Waals surface area contributed by atoms with Crippen molar-refractivity contribution in [1.29, 1.82) is 0 Å². The van der Waals surface area contributed by atoms with E-state index in [1.165, 1.54) is 43.2 Å². The van der Waals surface area contributed by atoms with Gasteiger partial charge in [-0.1, -0.05) is 6.42 Å². The van der Waals surface area contributed by atoms with Gasteiger partial charge in [-0.3, -0.25) is 9.88 Å². The van der Waals surface area contributed by atoms with Crippen molar-refractivity contribution in [3.8, 4) is 0 Å². The minimum atomic E-state index is 0.727. The molecule has 2 aliphatic heterocycles. The number of aryl methyl sites for hydroxylation is 1. The van der Waals surface area contributed by atoms with E-state index in [4.69, 9.17) is 0 Å². The Bertz CT molecular complexity index is 418. The molecule has 1 aromatic rings. The van der Waals surface area contributed by atoms with Gasteiger partial charge in [-0.15, -0.1) is 0 Å².